The van der Waals surface area contributed by atoms with E-state index >= 15 is 0 Å². The minimum absolute atomic E-state index is 0.139. The maximum absolute atomic E-state index is 12.2. The van der Waals surface area contributed by atoms with Crippen molar-refractivity contribution in [3.63, 3.8) is 0 Å². The lowest BCUT2D eigenvalue weighted by atomic mass is 10.0. The largest absolute Gasteiger partial charge is 0.481 e. The molecule has 4 atom stereocenters. The molecular formula is C16H26N4O10S. The fourth-order valence-corrected chi connectivity index (χ4v) is 3.30. The molecule has 0 radical (unpaired) electrons. The second kappa shape index (κ2) is 14.2. The molecular weight excluding hydrogens is 440 g/mol. The van der Waals surface area contributed by atoms with E-state index in [-0.39, 0.29) is 30.8 Å². The second-order valence-corrected chi connectivity index (χ2v) is 7.54. The highest BCUT2D eigenvalue weighted by Crippen LogP contribution is 2.16. The van der Waals surface area contributed by atoms with E-state index in [9.17, 15) is 33.9 Å². The first-order valence-corrected chi connectivity index (χ1v) is 10.1. The number of carboxylic acids is 4. The van der Waals surface area contributed by atoms with Gasteiger partial charge >= 0.3 is 23.9 Å². The molecule has 0 bridgehead atoms. The Bertz CT molecular complexity index is 689. The number of carboxylic acid groups (broad SMARTS) is 4. The van der Waals surface area contributed by atoms with Gasteiger partial charge in [-0.2, -0.15) is 11.8 Å². The summed E-state index contributed by atoms with van der Waals surface area (Å²) in [6.07, 6.45) is -0.949. The van der Waals surface area contributed by atoms with Gasteiger partial charge in [0.05, 0.1) is 12.0 Å². The van der Waals surface area contributed by atoms with Gasteiger partial charge in [0, 0.05) is 17.9 Å². The molecule has 0 heterocycles. The summed E-state index contributed by atoms with van der Waals surface area (Å²) in [5, 5.41) is 39.7. The van der Waals surface area contributed by atoms with Crippen LogP contribution < -0.4 is 22.1 Å². The van der Waals surface area contributed by atoms with Crippen LogP contribution in [0.4, 0.5) is 0 Å². The first-order chi connectivity index (χ1) is 14.3. The standard InChI is InChI=1S/C16H26N4O10S/c17-8(1-2-11(21)22)13(25)20-10(14(26)19-4-12(23)24)6-31-5-7(15(27)28)3-9(18)16(29)30/h7-10H,1-6,17-18H2,(H,19,26)(H,20,25)(H,21,22)(H,23,24)(H,27,28)(H,29,30)/t7?,8-,9?,10-/m0/s1. The Morgan fingerprint density at radius 2 is 1.42 bits per heavy atom. The Labute approximate surface area is 180 Å². The summed E-state index contributed by atoms with van der Waals surface area (Å²) in [6, 6.07) is -3.94. The molecule has 0 aliphatic carbocycles. The van der Waals surface area contributed by atoms with Crippen molar-refractivity contribution in [3.05, 3.63) is 0 Å². The molecule has 0 aromatic carbocycles. The highest BCUT2D eigenvalue weighted by Gasteiger charge is 2.27. The fraction of sp³-hybridized carbons (Fsp3) is 0.625. The van der Waals surface area contributed by atoms with E-state index in [0.29, 0.717) is 0 Å². The maximum Gasteiger partial charge on any atom is 0.322 e. The van der Waals surface area contributed by atoms with Crippen molar-refractivity contribution in [1.29, 1.82) is 0 Å². The summed E-state index contributed by atoms with van der Waals surface area (Å²) in [6.45, 7) is -0.730. The van der Waals surface area contributed by atoms with Gasteiger partial charge < -0.3 is 42.5 Å². The monoisotopic (exact) mass is 466 g/mol. The lowest BCUT2D eigenvalue weighted by Crippen LogP contribution is -2.53. The number of nitrogens with two attached hydrogens (primary N) is 2. The number of hydrogen-bond donors (Lipinski definition) is 8. The summed E-state index contributed by atoms with van der Waals surface area (Å²) >= 11 is 0.899. The summed E-state index contributed by atoms with van der Waals surface area (Å²) < 4.78 is 0. The van der Waals surface area contributed by atoms with Gasteiger partial charge in [0.2, 0.25) is 11.8 Å². The number of aliphatic carboxylic acids is 4. The molecule has 31 heavy (non-hydrogen) atoms. The van der Waals surface area contributed by atoms with Crippen LogP contribution in [-0.2, 0) is 28.8 Å². The van der Waals surface area contributed by atoms with Gasteiger partial charge in [-0.25, -0.2) is 0 Å². The van der Waals surface area contributed by atoms with Crippen LogP contribution in [-0.4, -0.2) is 92.3 Å². The predicted octanol–water partition coefficient (Wildman–Crippen LogP) is -2.90. The first-order valence-electron chi connectivity index (χ1n) is 8.91. The second-order valence-electron chi connectivity index (χ2n) is 6.46. The molecule has 0 saturated carbocycles. The molecule has 0 fully saturated rings. The normalized spacial score (nSPS) is 14.5. The quantitative estimate of drug-likeness (QED) is 0.114. The fourth-order valence-electron chi connectivity index (χ4n) is 2.13. The van der Waals surface area contributed by atoms with Gasteiger partial charge in [0.15, 0.2) is 0 Å². The van der Waals surface area contributed by atoms with E-state index < -0.39 is 66.3 Å². The number of carbonyl (C=O) groups is 6. The molecule has 2 unspecified atom stereocenters. The van der Waals surface area contributed by atoms with Crippen molar-refractivity contribution in [1.82, 2.24) is 10.6 Å². The van der Waals surface area contributed by atoms with Crippen molar-refractivity contribution in [2.24, 2.45) is 17.4 Å². The topological polar surface area (TPSA) is 259 Å². The van der Waals surface area contributed by atoms with Gasteiger partial charge in [-0.15, -0.1) is 0 Å². The molecule has 10 N–H and O–H groups in total. The molecule has 0 aliphatic rings. The van der Waals surface area contributed by atoms with Gasteiger partial charge in [0.25, 0.3) is 0 Å². The number of thioether (sulfide) groups is 1. The zero-order valence-corrected chi connectivity index (χ0v) is 17.2. The van der Waals surface area contributed by atoms with E-state index in [1.807, 2.05) is 0 Å². The summed E-state index contributed by atoms with van der Waals surface area (Å²) in [5.74, 6) is -8.36. The first kappa shape index (κ1) is 28.1. The van der Waals surface area contributed by atoms with Crippen LogP contribution in [0.1, 0.15) is 19.3 Å². The lowest BCUT2D eigenvalue weighted by molar-refractivity contribution is -0.143. The van der Waals surface area contributed by atoms with Crippen LogP contribution >= 0.6 is 11.8 Å². The highest BCUT2D eigenvalue weighted by molar-refractivity contribution is 7.99. The third-order valence-corrected chi connectivity index (χ3v) is 5.07. The maximum atomic E-state index is 12.2. The van der Waals surface area contributed by atoms with Gasteiger partial charge in [0.1, 0.15) is 18.6 Å². The summed E-state index contributed by atoms with van der Waals surface area (Å²) in [7, 11) is 0. The Balaban J connectivity index is 5.03. The number of carbonyl (C=O) groups excluding carboxylic acids is 2. The molecule has 0 aromatic rings. The Morgan fingerprint density at radius 1 is 0.806 bits per heavy atom. The molecule has 14 nitrogen and oxygen atoms in total. The number of hydrogen-bond acceptors (Lipinski definition) is 9. The van der Waals surface area contributed by atoms with Crippen LogP contribution in [0, 0.1) is 5.92 Å². The van der Waals surface area contributed by atoms with Crippen LogP contribution in [0.15, 0.2) is 0 Å². The minimum Gasteiger partial charge on any atom is -0.481 e. The molecule has 176 valence electrons. The Morgan fingerprint density at radius 3 is 1.90 bits per heavy atom. The Hall–Kier alpha value is -2.91. The van der Waals surface area contributed by atoms with Gasteiger partial charge in [-0.05, 0) is 12.8 Å². The number of rotatable bonds is 16. The van der Waals surface area contributed by atoms with Gasteiger partial charge in [-0.1, -0.05) is 0 Å². The zero-order chi connectivity index (χ0) is 24.1. The highest BCUT2D eigenvalue weighted by atomic mass is 32.2. The van der Waals surface area contributed by atoms with Crippen LogP contribution in [0.2, 0.25) is 0 Å². The summed E-state index contributed by atoms with van der Waals surface area (Å²) in [4.78, 5) is 67.6. The minimum atomic E-state index is -1.40. The average molecular weight is 466 g/mol. The van der Waals surface area contributed by atoms with Crippen molar-refractivity contribution in [2.45, 2.75) is 37.4 Å². The molecule has 0 aromatic heterocycles. The summed E-state index contributed by atoms with van der Waals surface area (Å²) in [5.41, 5.74) is 10.9. The van der Waals surface area contributed by atoms with Crippen molar-refractivity contribution >= 4 is 47.5 Å². The van der Waals surface area contributed by atoms with E-state index in [1.165, 1.54) is 0 Å². The number of amides is 2. The SMILES string of the molecule is NC(CC(CSC[C@H](NC(=O)[C@@H](N)CCC(=O)O)C(=O)NCC(=O)O)C(=O)O)C(=O)O. The van der Waals surface area contributed by atoms with Crippen LogP contribution in [0.25, 0.3) is 0 Å². The van der Waals surface area contributed by atoms with Crippen LogP contribution in [0.5, 0.6) is 0 Å². The predicted molar refractivity (Wildman–Crippen MR) is 106 cm³/mol. The molecule has 2 amide bonds. The van der Waals surface area contributed by atoms with Crippen molar-refractivity contribution in [3.8, 4) is 0 Å². The molecule has 0 aliphatic heterocycles. The van der Waals surface area contributed by atoms with E-state index in [2.05, 4.69) is 10.6 Å². The third kappa shape index (κ3) is 12.4. The smallest absolute Gasteiger partial charge is 0.322 e. The third-order valence-electron chi connectivity index (χ3n) is 3.86. The van der Waals surface area contributed by atoms with E-state index in [0.717, 1.165) is 11.8 Å². The molecule has 15 heteroatoms. The van der Waals surface area contributed by atoms with Crippen molar-refractivity contribution in [2.75, 3.05) is 18.1 Å². The Kier molecular flexibility index (Phi) is 12.8. The van der Waals surface area contributed by atoms with E-state index in [4.69, 9.17) is 26.8 Å². The molecule has 0 saturated heterocycles. The van der Waals surface area contributed by atoms with Crippen LogP contribution in [0.3, 0.4) is 0 Å². The van der Waals surface area contributed by atoms with E-state index in [1.54, 1.807) is 0 Å². The van der Waals surface area contributed by atoms with Crippen molar-refractivity contribution < 1.29 is 49.2 Å². The molecule has 0 rings (SSSR count). The van der Waals surface area contributed by atoms with Gasteiger partial charge in [-0.3, -0.25) is 28.8 Å². The zero-order valence-electron chi connectivity index (χ0n) is 16.4. The number of nitrogens with one attached hydrogen (secondary N) is 2. The average Bonchev–Trinajstić information content (AvgIpc) is 2.67. The molecule has 0 spiro atoms. The lowest BCUT2D eigenvalue weighted by Gasteiger charge is -2.21.